The number of aromatic nitrogens is 1. The highest BCUT2D eigenvalue weighted by atomic mass is 32.1. The number of rotatable bonds is 7. The van der Waals surface area contributed by atoms with Crippen molar-refractivity contribution in [2.75, 3.05) is 20.1 Å². The number of carbonyl (C=O) groups excluding carboxylic acids is 2. The van der Waals surface area contributed by atoms with Gasteiger partial charge in [0, 0.05) is 19.0 Å². The maximum atomic E-state index is 12.8. The van der Waals surface area contributed by atoms with Crippen LogP contribution in [0.3, 0.4) is 0 Å². The first kappa shape index (κ1) is 22.4. The minimum Gasteiger partial charge on any atom is -0.336 e. The monoisotopic (exact) mass is 447 g/mol. The largest absolute Gasteiger partial charge is 0.336 e. The van der Waals surface area contributed by atoms with Crippen molar-refractivity contribution >= 4 is 23.0 Å². The summed E-state index contributed by atoms with van der Waals surface area (Å²) in [5.41, 5.74) is 2.33. The number of thiazole rings is 1. The Kier molecular flexibility index (Phi) is 6.82. The molecule has 1 aromatic heterocycles. The molecule has 5 nitrogen and oxygen atoms in total. The molecule has 0 radical (unpaired) electrons. The quantitative estimate of drug-likeness (QED) is 0.534. The molecule has 0 saturated carbocycles. The lowest BCUT2D eigenvalue weighted by atomic mass is 9.70. The van der Waals surface area contributed by atoms with E-state index in [9.17, 15) is 9.59 Å². The standard InChI is InChI=1S/C26H29N3O2S/c1-20(30)26(22-11-7-4-8-12-22)13-15-29(16-14-26)18-24-27-23(19-32-24)25(31)28(2)17-21-9-5-3-6-10-21/h3-12,19H,13-18H2,1-2H3. The third kappa shape index (κ3) is 4.81. The Balaban J connectivity index is 1.36. The Morgan fingerprint density at radius 1 is 1.03 bits per heavy atom. The number of Topliss-reactive ketones (excluding diaryl/α,β-unsaturated/α-hetero) is 1. The highest BCUT2D eigenvalue weighted by molar-refractivity contribution is 7.09. The van der Waals surface area contributed by atoms with Gasteiger partial charge in [0.05, 0.1) is 12.0 Å². The number of ketones is 1. The van der Waals surface area contributed by atoms with Crippen LogP contribution in [0, 0.1) is 0 Å². The van der Waals surface area contributed by atoms with Crippen LogP contribution in [-0.2, 0) is 23.3 Å². The number of benzene rings is 2. The van der Waals surface area contributed by atoms with Gasteiger partial charge in [-0.15, -0.1) is 11.3 Å². The highest BCUT2D eigenvalue weighted by Gasteiger charge is 2.40. The van der Waals surface area contributed by atoms with E-state index < -0.39 is 0 Å². The van der Waals surface area contributed by atoms with Crippen LogP contribution in [0.4, 0.5) is 0 Å². The van der Waals surface area contributed by atoms with Gasteiger partial charge in [0.2, 0.25) is 0 Å². The molecule has 1 amide bonds. The molecule has 166 valence electrons. The lowest BCUT2D eigenvalue weighted by Crippen LogP contribution is -2.46. The van der Waals surface area contributed by atoms with E-state index in [1.807, 2.05) is 61.0 Å². The van der Waals surface area contributed by atoms with Gasteiger partial charge in [0.15, 0.2) is 0 Å². The SMILES string of the molecule is CC(=O)C1(c2ccccc2)CCN(Cc2nc(C(=O)N(C)Cc3ccccc3)cs2)CC1. The third-order valence-electron chi connectivity index (χ3n) is 6.45. The van der Waals surface area contributed by atoms with Gasteiger partial charge in [-0.1, -0.05) is 60.7 Å². The van der Waals surface area contributed by atoms with E-state index in [0.717, 1.165) is 42.1 Å². The first-order valence-corrected chi connectivity index (χ1v) is 11.9. The molecule has 4 rings (SSSR count). The topological polar surface area (TPSA) is 53.5 Å². The Bertz CT molecular complexity index is 1060. The predicted octanol–water partition coefficient (Wildman–Crippen LogP) is 4.54. The van der Waals surface area contributed by atoms with Crippen molar-refractivity contribution in [3.63, 3.8) is 0 Å². The lowest BCUT2D eigenvalue weighted by molar-refractivity contribution is -0.124. The number of carbonyl (C=O) groups is 2. The van der Waals surface area contributed by atoms with Gasteiger partial charge >= 0.3 is 0 Å². The molecule has 0 N–H and O–H groups in total. The smallest absolute Gasteiger partial charge is 0.273 e. The van der Waals surface area contributed by atoms with E-state index in [-0.39, 0.29) is 17.1 Å². The molecule has 1 aliphatic rings. The van der Waals surface area contributed by atoms with Crippen LogP contribution in [-0.4, -0.2) is 46.6 Å². The maximum Gasteiger partial charge on any atom is 0.273 e. The number of nitrogens with zero attached hydrogens (tertiary/aromatic N) is 3. The molecule has 0 spiro atoms. The molecule has 2 heterocycles. The summed E-state index contributed by atoms with van der Waals surface area (Å²) in [6.45, 7) is 4.66. The number of hydrogen-bond acceptors (Lipinski definition) is 5. The summed E-state index contributed by atoms with van der Waals surface area (Å²) in [5.74, 6) is 0.182. The van der Waals surface area contributed by atoms with Crippen molar-refractivity contribution in [1.82, 2.24) is 14.8 Å². The van der Waals surface area contributed by atoms with Crippen molar-refractivity contribution < 1.29 is 9.59 Å². The Hall–Kier alpha value is -2.83. The summed E-state index contributed by atoms with van der Waals surface area (Å²) >= 11 is 1.53. The minimum absolute atomic E-state index is 0.0605. The number of likely N-dealkylation sites (tertiary alicyclic amines) is 1. The summed E-state index contributed by atoms with van der Waals surface area (Å²) in [6, 6.07) is 20.1. The second-order valence-corrected chi connectivity index (χ2v) is 9.50. The molecule has 1 fully saturated rings. The zero-order valence-electron chi connectivity index (χ0n) is 18.7. The summed E-state index contributed by atoms with van der Waals surface area (Å²) in [6.07, 6.45) is 1.62. The minimum atomic E-state index is -0.387. The van der Waals surface area contributed by atoms with Gasteiger partial charge in [-0.3, -0.25) is 14.5 Å². The number of piperidine rings is 1. The fraction of sp³-hybridized carbons (Fsp3) is 0.346. The zero-order valence-corrected chi connectivity index (χ0v) is 19.5. The summed E-state index contributed by atoms with van der Waals surface area (Å²) in [4.78, 5) is 34.0. The van der Waals surface area contributed by atoms with Gasteiger partial charge < -0.3 is 4.90 Å². The zero-order chi connectivity index (χ0) is 22.6. The summed E-state index contributed by atoms with van der Waals surface area (Å²) in [7, 11) is 1.81. The van der Waals surface area contributed by atoms with Crippen molar-refractivity contribution in [1.29, 1.82) is 0 Å². The molecule has 6 heteroatoms. The fourth-order valence-electron chi connectivity index (χ4n) is 4.49. The van der Waals surface area contributed by atoms with Gasteiger partial charge in [0.1, 0.15) is 16.5 Å². The average Bonchev–Trinajstić information content (AvgIpc) is 3.28. The van der Waals surface area contributed by atoms with E-state index in [0.29, 0.717) is 18.8 Å². The van der Waals surface area contributed by atoms with Crippen LogP contribution in [0.5, 0.6) is 0 Å². The molecule has 0 unspecified atom stereocenters. The maximum absolute atomic E-state index is 12.8. The van der Waals surface area contributed by atoms with E-state index in [2.05, 4.69) is 22.0 Å². The van der Waals surface area contributed by atoms with Crippen molar-refractivity contribution in [3.8, 4) is 0 Å². The van der Waals surface area contributed by atoms with Crippen LogP contribution < -0.4 is 0 Å². The molecule has 1 saturated heterocycles. The predicted molar refractivity (Wildman–Crippen MR) is 128 cm³/mol. The summed E-state index contributed by atoms with van der Waals surface area (Å²) in [5, 5.41) is 2.80. The van der Waals surface area contributed by atoms with Gasteiger partial charge in [0.25, 0.3) is 5.91 Å². The molecule has 1 aliphatic heterocycles. The summed E-state index contributed by atoms with van der Waals surface area (Å²) < 4.78 is 0. The molecule has 2 aromatic carbocycles. The second-order valence-electron chi connectivity index (χ2n) is 8.55. The van der Waals surface area contributed by atoms with E-state index in [1.165, 1.54) is 11.3 Å². The van der Waals surface area contributed by atoms with E-state index in [4.69, 9.17) is 0 Å². The van der Waals surface area contributed by atoms with Crippen molar-refractivity contribution in [3.05, 3.63) is 87.9 Å². The third-order valence-corrected chi connectivity index (χ3v) is 7.28. The molecule has 3 aromatic rings. The van der Waals surface area contributed by atoms with Gasteiger partial charge in [-0.25, -0.2) is 4.98 Å². The molecule has 0 aliphatic carbocycles. The van der Waals surface area contributed by atoms with Crippen molar-refractivity contribution in [2.45, 2.75) is 38.3 Å². The second kappa shape index (κ2) is 9.76. The Morgan fingerprint density at radius 2 is 1.66 bits per heavy atom. The van der Waals surface area contributed by atoms with Gasteiger partial charge in [-0.05, 0) is 44.0 Å². The molecular weight excluding hydrogens is 418 g/mol. The molecular formula is C26H29N3O2S. The van der Waals surface area contributed by atoms with Crippen molar-refractivity contribution in [2.24, 2.45) is 0 Å². The normalized spacial score (nSPS) is 15.9. The first-order chi connectivity index (χ1) is 15.5. The molecule has 0 bridgehead atoms. The van der Waals surface area contributed by atoms with Crippen LogP contribution in [0.15, 0.2) is 66.0 Å². The van der Waals surface area contributed by atoms with E-state index in [1.54, 1.807) is 11.8 Å². The van der Waals surface area contributed by atoms with Crippen LogP contribution in [0.1, 0.15) is 46.4 Å². The highest BCUT2D eigenvalue weighted by Crippen LogP contribution is 2.37. The number of hydrogen-bond donors (Lipinski definition) is 0. The Labute approximate surface area is 193 Å². The van der Waals surface area contributed by atoms with E-state index >= 15 is 0 Å². The van der Waals surface area contributed by atoms with Gasteiger partial charge in [-0.2, -0.15) is 0 Å². The average molecular weight is 448 g/mol. The number of amides is 1. The van der Waals surface area contributed by atoms with Crippen LogP contribution in [0.2, 0.25) is 0 Å². The van der Waals surface area contributed by atoms with Crippen LogP contribution in [0.25, 0.3) is 0 Å². The fourth-order valence-corrected chi connectivity index (χ4v) is 5.30. The van der Waals surface area contributed by atoms with Crippen LogP contribution >= 0.6 is 11.3 Å². The Morgan fingerprint density at radius 3 is 2.28 bits per heavy atom. The molecule has 0 atom stereocenters. The lowest BCUT2D eigenvalue weighted by Gasteiger charge is -2.40. The first-order valence-electron chi connectivity index (χ1n) is 11.0. The molecule has 32 heavy (non-hydrogen) atoms.